The van der Waals surface area contributed by atoms with E-state index in [-0.39, 0.29) is 29.6 Å². The van der Waals surface area contributed by atoms with Gasteiger partial charge in [-0.25, -0.2) is 4.79 Å². The minimum Gasteiger partial charge on any atom is -0.480 e. The first-order valence-corrected chi connectivity index (χ1v) is 8.78. The number of aliphatic carboxylic acids is 1. The maximum absolute atomic E-state index is 12.6. The zero-order valence-corrected chi connectivity index (χ0v) is 17.9. The number of amides is 2. The molecule has 2 heterocycles. The van der Waals surface area contributed by atoms with Crippen LogP contribution in [0.4, 0.5) is 0 Å². The van der Waals surface area contributed by atoms with Crippen molar-refractivity contribution in [3.05, 3.63) is 46.3 Å². The van der Waals surface area contributed by atoms with Gasteiger partial charge in [0.25, 0.3) is 0 Å². The summed E-state index contributed by atoms with van der Waals surface area (Å²) in [7, 11) is 0. The van der Waals surface area contributed by atoms with Gasteiger partial charge in [0.2, 0.25) is 11.8 Å². The van der Waals surface area contributed by atoms with Crippen LogP contribution in [0.25, 0.3) is 10.4 Å². The molecule has 2 fully saturated rings. The van der Waals surface area contributed by atoms with Crippen LogP contribution in [0.15, 0.2) is 35.4 Å². The van der Waals surface area contributed by atoms with Gasteiger partial charge in [0, 0.05) is 39.2 Å². The van der Waals surface area contributed by atoms with E-state index in [1.54, 1.807) is 44.2 Å². The standard InChI is InChI=1S/C16H17N5O4S.Na/c1-16(2)11(15(24)25)21-13(23)10(14(21)26-16)18-12(22)9(19-20-17)8-6-4-3-5-7-8;/h3-7,9-11,14H,1-2H3,(H,18,22)(H,24,25);/t9-,10-,11+,14-;/m1./s1. The first kappa shape index (κ1) is 21.6. The van der Waals surface area contributed by atoms with Crippen LogP contribution in [0.2, 0.25) is 0 Å². The van der Waals surface area contributed by atoms with Crippen LogP contribution in [-0.4, -0.2) is 79.6 Å². The van der Waals surface area contributed by atoms with Gasteiger partial charge in [-0.05, 0) is 24.9 Å². The van der Waals surface area contributed by atoms with Gasteiger partial charge in [0.15, 0.2) is 0 Å². The minimum absolute atomic E-state index is 0. The molecule has 1 aromatic carbocycles. The van der Waals surface area contributed by atoms with E-state index in [9.17, 15) is 19.5 Å². The molecule has 4 atom stereocenters. The molecule has 2 saturated heterocycles. The number of fused-ring (bicyclic) bond motifs is 1. The van der Waals surface area contributed by atoms with E-state index in [4.69, 9.17) is 5.53 Å². The Kier molecular flexibility index (Phi) is 6.49. The van der Waals surface area contributed by atoms with Crippen molar-refractivity contribution in [2.24, 2.45) is 5.11 Å². The topological polar surface area (TPSA) is 135 Å². The number of thioether (sulfide) groups is 1. The molecule has 2 N–H and O–H groups in total. The number of nitrogens with one attached hydrogen (secondary N) is 1. The number of β-lactam (4-membered cyclic amide) rings is 1. The van der Waals surface area contributed by atoms with Crippen molar-refractivity contribution in [1.29, 1.82) is 0 Å². The molecule has 137 valence electrons. The molecular formula is C16H17N5NaO4S. The molecule has 2 amide bonds. The van der Waals surface area contributed by atoms with E-state index >= 15 is 0 Å². The fourth-order valence-electron chi connectivity index (χ4n) is 3.34. The van der Waals surface area contributed by atoms with Gasteiger partial charge in [-0.15, -0.1) is 11.8 Å². The summed E-state index contributed by atoms with van der Waals surface area (Å²) >= 11 is 1.33. The van der Waals surface area contributed by atoms with Crippen molar-refractivity contribution < 1.29 is 19.5 Å². The smallest absolute Gasteiger partial charge is 0.327 e. The van der Waals surface area contributed by atoms with Crippen LogP contribution in [0, 0.1) is 0 Å². The molecule has 27 heavy (non-hydrogen) atoms. The van der Waals surface area contributed by atoms with Gasteiger partial charge < -0.3 is 15.3 Å². The maximum Gasteiger partial charge on any atom is 0.327 e. The molecule has 0 aliphatic carbocycles. The molecule has 2 aliphatic rings. The second-order valence-electron chi connectivity index (χ2n) is 6.60. The van der Waals surface area contributed by atoms with Crippen LogP contribution in [0.5, 0.6) is 0 Å². The minimum atomic E-state index is -1.10. The summed E-state index contributed by atoms with van der Waals surface area (Å²) in [6.07, 6.45) is 0. The van der Waals surface area contributed by atoms with Gasteiger partial charge in [-0.1, -0.05) is 35.4 Å². The average Bonchev–Trinajstić information content (AvgIpc) is 2.86. The molecule has 0 unspecified atom stereocenters. The van der Waals surface area contributed by atoms with E-state index in [1.807, 2.05) is 0 Å². The Hall–Kier alpha value is -1.71. The number of benzene rings is 1. The fourth-order valence-corrected chi connectivity index (χ4v) is 4.96. The van der Waals surface area contributed by atoms with Crippen LogP contribution < -0.4 is 5.32 Å². The molecule has 0 spiro atoms. The zero-order chi connectivity index (χ0) is 19.1. The van der Waals surface area contributed by atoms with Crippen molar-refractivity contribution >= 4 is 59.1 Å². The van der Waals surface area contributed by atoms with E-state index < -0.39 is 46.0 Å². The monoisotopic (exact) mass is 398 g/mol. The Morgan fingerprint density at radius 2 is 2.00 bits per heavy atom. The van der Waals surface area contributed by atoms with E-state index in [0.29, 0.717) is 5.56 Å². The van der Waals surface area contributed by atoms with Gasteiger partial charge in [0.1, 0.15) is 23.5 Å². The summed E-state index contributed by atoms with van der Waals surface area (Å²) in [5.41, 5.74) is 9.26. The fraction of sp³-hybridized carbons (Fsp3) is 0.438. The van der Waals surface area contributed by atoms with Crippen LogP contribution in [-0.2, 0) is 14.4 Å². The van der Waals surface area contributed by atoms with Gasteiger partial charge in [-0.2, -0.15) is 0 Å². The molecule has 2 aliphatic heterocycles. The molecule has 11 heteroatoms. The normalized spacial score (nSPS) is 25.9. The maximum atomic E-state index is 12.6. The molecule has 3 rings (SSSR count). The van der Waals surface area contributed by atoms with Gasteiger partial charge >= 0.3 is 5.97 Å². The second kappa shape index (κ2) is 8.12. The molecule has 0 saturated carbocycles. The Morgan fingerprint density at radius 1 is 1.37 bits per heavy atom. The predicted molar refractivity (Wildman–Crippen MR) is 99.7 cm³/mol. The van der Waals surface area contributed by atoms with Crippen molar-refractivity contribution in [1.82, 2.24) is 10.2 Å². The summed E-state index contributed by atoms with van der Waals surface area (Å²) in [6, 6.07) is 5.63. The van der Waals surface area contributed by atoms with Crippen LogP contribution in [0.1, 0.15) is 25.5 Å². The third kappa shape index (κ3) is 3.81. The van der Waals surface area contributed by atoms with E-state index in [1.165, 1.54) is 16.7 Å². The molecule has 0 bridgehead atoms. The van der Waals surface area contributed by atoms with E-state index in [0.717, 1.165) is 0 Å². The van der Waals surface area contributed by atoms with E-state index in [2.05, 4.69) is 15.3 Å². The first-order valence-electron chi connectivity index (χ1n) is 7.90. The van der Waals surface area contributed by atoms with Gasteiger partial charge in [-0.3, -0.25) is 9.59 Å². The van der Waals surface area contributed by atoms with Crippen molar-refractivity contribution in [3.8, 4) is 0 Å². The third-order valence-electron chi connectivity index (χ3n) is 4.50. The number of hydrogen-bond acceptors (Lipinski definition) is 5. The molecule has 1 aromatic rings. The summed E-state index contributed by atoms with van der Waals surface area (Å²) in [5.74, 6) is -2.11. The molecule has 9 nitrogen and oxygen atoms in total. The van der Waals surface area contributed by atoms with Crippen molar-refractivity contribution in [3.63, 3.8) is 0 Å². The summed E-state index contributed by atoms with van der Waals surface area (Å²) < 4.78 is -0.671. The number of rotatable bonds is 5. The van der Waals surface area contributed by atoms with Gasteiger partial charge in [0.05, 0.1) is 0 Å². The molecular weight excluding hydrogens is 381 g/mol. The zero-order valence-electron chi connectivity index (χ0n) is 15.1. The summed E-state index contributed by atoms with van der Waals surface area (Å²) in [6.45, 7) is 3.52. The largest absolute Gasteiger partial charge is 0.480 e. The number of hydrogen-bond donors (Lipinski definition) is 2. The Morgan fingerprint density at radius 3 is 2.56 bits per heavy atom. The third-order valence-corrected chi connectivity index (χ3v) is 6.07. The Balaban J connectivity index is 0.00000261. The Bertz CT molecular complexity index is 814. The number of carbonyl (C=O) groups excluding carboxylic acids is 2. The van der Waals surface area contributed by atoms with Crippen LogP contribution in [0.3, 0.4) is 0 Å². The number of carboxylic acid groups (broad SMARTS) is 1. The number of azide groups is 1. The Labute approximate surface area is 181 Å². The number of nitrogens with zero attached hydrogens (tertiary/aromatic N) is 4. The summed E-state index contributed by atoms with van der Waals surface area (Å²) in [4.78, 5) is 40.5. The number of carbonyl (C=O) groups is 3. The summed E-state index contributed by atoms with van der Waals surface area (Å²) in [5, 5.41) is 15.1. The van der Waals surface area contributed by atoms with Crippen molar-refractivity contribution in [2.45, 2.75) is 42.1 Å². The molecule has 0 aromatic heterocycles. The molecule has 1 radical (unpaired) electrons. The van der Waals surface area contributed by atoms with Crippen molar-refractivity contribution in [2.75, 3.05) is 0 Å². The average molecular weight is 398 g/mol. The predicted octanol–water partition coefficient (Wildman–Crippen LogP) is 1.29. The SMILES string of the molecule is CC1(C)S[C@@H]2[C@H](NC(=O)[C@H](N=[N+]=[N-])c3ccccc3)C(=O)N2[C@H]1C(=O)O.[Na]. The quantitative estimate of drug-likeness (QED) is 0.253. The first-order chi connectivity index (χ1) is 12.3. The van der Waals surface area contributed by atoms with Crippen LogP contribution >= 0.6 is 11.8 Å². The number of carboxylic acids is 1. The second-order valence-corrected chi connectivity index (χ2v) is 8.37.